The Morgan fingerprint density at radius 3 is 2.68 bits per heavy atom. The van der Waals surface area contributed by atoms with Gasteiger partial charge in [0.2, 0.25) is 0 Å². The van der Waals surface area contributed by atoms with Crippen LogP contribution in [0, 0.1) is 10.1 Å². The molecule has 0 saturated carbocycles. The second kappa shape index (κ2) is 6.81. The number of nitrogens with two attached hydrogens (primary N) is 1. The molecule has 2 rings (SSSR count). The highest BCUT2D eigenvalue weighted by molar-refractivity contribution is 9.10. The summed E-state index contributed by atoms with van der Waals surface area (Å²) in [6.07, 6.45) is 1.38. The van der Waals surface area contributed by atoms with Gasteiger partial charge in [0.25, 0.3) is 11.6 Å². The summed E-state index contributed by atoms with van der Waals surface area (Å²) >= 11 is 3.21. The van der Waals surface area contributed by atoms with Crippen LogP contribution in [-0.4, -0.2) is 17.0 Å². The van der Waals surface area contributed by atoms with Crippen molar-refractivity contribution in [1.82, 2.24) is 5.43 Å². The van der Waals surface area contributed by atoms with E-state index >= 15 is 0 Å². The van der Waals surface area contributed by atoms with E-state index in [1.54, 1.807) is 24.3 Å². The summed E-state index contributed by atoms with van der Waals surface area (Å²) in [7, 11) is 0. The molecule has 0 aliphatic rings. The van der Waals surface area contributed by atoms with E-state index in [4.69, 9.17) is 5.73 Å². The van der Waals surface area contributed by atoms with Gasteiger partial charge in [-0.15, -0.1) is 0 Å². The van der Waals surface area contributed by atoms with Crippen molar-refractivity contribution in [1.29, 1.82) is 0 Å². The van der Waals surface area contributed by atoms with Gasteiger partial charge in [-0.2, -0.15) is 5.10 Å². The molecule has 8 heteroatoms. The molecular weight excluding hydrogens is 352 g/mol. The molecule has 0 radical (unpaired) electrons. The number of nitro benzene ring substituents is 1. The summed E-state index contributed by atoms with van der Waals surface area (Å²) in [6, 6.07) is 10.9. The van der Waals surface area contributed by atoms with Gasteiger partial charge in [-0.1, -0.05) is 12.1 Å². The maximum absolute atomic E-state index is 11.9. The van der Waals surface area contributed by atoms with E-state index in [9.17, 15) is 14.9 Å². The standard InChI is InChI=1S/C14H11BrN4O3/c15-12-7-10(19(21)22)6-5-9(12)8-17-18-14(20)11-3-1-2-4-13(11)16/h1-8H,16H2,(H,18,20)/b17-8-. The molecule has 3 N–H and O–H groups in total. The number of nitrogen functional groups attached to an aromatic ring is 1. The second-order valence-corrected chi connectivity index (χ2v) is 5.10. The van der Waals surface area contributed by atoms with E-state index in [1.807, 2.05) is 0 Å². The van der Waals surface area contributed by atoms with Gasteiger partial charge in [0.15, 0.2) is 0 Å². The summed E-state index contributed by atoms with van der Waals surface area (Å²) in [5.74, 6) is -0.438. The van der Waals surface area contributed by atoms with Crippen molar-refractivity contribution in [2.24, 2.45) is 5.10 Å². The fourth-order valence-corrected chi connectivity index (χ4v) is 2.13. The molecular formula is C14H11BrN4O3. The lowest BCUT2D eigenvalue weighted by Gasteiger charge is -2.03. The van der Waals surface area contributed by atoms with Crippen molar-refractivity contribution < 1.29 is 9.72 Å². The van der Waals surface area contributed by atoms with Gasteiger partial charge in [0.05, 0.1) is 16.7 Å². The van der Waals surface area contributed by atoms with Gasteiger partial charge in [-0.05, 0) is 34.1 Å². The van der Waals surface area contributed by atoms with Gasteiger partial charge in [-0.3, -0.25) is 14.9 Å². The number of benzene rings is 2. The zero-order chi connectivity index (χ0) is 16.1. The minimum atomic E-state index is -0.494. The lowest BCUT2D eigenvalue weighted by Crippen LogP contribution is -2.19. The molecule has 0 unspecified atom stereocenters. The van der Waals surface area contributed by atoms with Gasteiger partial charge >= 0.3 is 0 Å². The van der Waals surface area contributed by atoms with Crippen LogP contribution < -0.4 is 11.2 Å². The Hall–Kier alpha value is -2.74. The predicted molar refractivity (Wildman–Crippen MR) is 86.7 cm³/mol. The Morgan fingerprint density at radius 2 is 2.05 bits per heavy atom. The quantitative estimate of drug-likeness (QED) is 0.377. The summed E-state index contributed by atoms with van der Waals surface area (Å²) in [5, 5.41) is 14.5. The zero-order valence-electron chi connectivity index (χ0n) is 11.2. The number of amides is 1. The molecule has 0 saturated heterocycles. The molecule has 0 aliphatic heterocycles. The molecule has 0 bridgehead atoms. The molecule has 0 heterocycles. The Morgan fingerprint density at radius 1 is 1.32 bits per heavy atom. The number of rotatable bonds is 4. The molecule has 22 heavy (non-hydrogen) atoms. The number of hydrogen-bond acceptors (Lipinski definition) is 5. The van der Waals surface area contributed by atoms with Crippen LogP contribution in [0.25, 0.3) is 0 Å². The van der Waals surface area contributed by atoms with Gasteiger partial charge in [0, 0.05) is 27.9 Å². The number of carbonyl (C=O) groups is 1. The minimum absolute atomic E-state index is 0.0369. The van der Waals surface area contributed by atoms with Crippen molar-refractivity contribution in [2.75, 3.05) is 5.73 Å². The van der Waals surface area contributed by atoms with E-state index in [0.717, 1.165) is 0 Å². The number of para-hydroxylation sites is 1. The number of nitro groups is 1. The number of hydrazone groups is 1. The van der Waals surface area contributed by atoms with Crippen LogP contribution in [0.2, 0.25) is 0 Å². The monoisotopic (exact) mass is 362 g/mol. The number of hydrogen-bond donors (Lipinski definition) is 2. The number of carbonyl (C=O) groups excluding carboxylic acids is 1. The van der Waals surface area contributed by atoms with E-state index in [2.05, 4.69) is 26.5 Å². The number of nitrogens with zero attached hydrogens (tertiary/aromatic N) is 2. The minimum Gasteiger partial charge on any atom is -0.398 e. The van der Waals surface area contributed by atoms with Crippen LogP contribution in [0.1, 0.15) is 15.9 Å². The van der Waals surface area contributed by atoms with Gasteiger partial charge < -0.3 is 5.73 Å². The van der Waals surface area contributed by atoms with Crippen molar-refractivity contribution in [2.45, 2.75) is 0 Å². The SMILES string of the molecule is Nc1ccccc1C(=O)N/N=C\c1ccc([N+](=O)[O-])cc1Br. The molecule has 0 aliphatic carbocycles. The average Bonchev–Trinajstić information content (AvgIpc) is 2.49. The van der Waals surface area contributed by atoms with Gasteiger partial charge in [-0.25, -0.2) is 5.43 Å². The highest BCUT2D eigenvalue weighted by Gasteiger charge is 2.09. The molecule has 0 aromatic heterocycles. The third kappa shape index (κ3) is 3.67. The molecule has 2 aromatic rings. The first-order chi connectivity index (χ1) is 10.5. The number of nitrogens with one attached hydrogen (secondary N) is 1. The van der Waals surface area contributed by atoms with Crippen LogP contribution in [0.5, 0.6) is 0 Å². The zero-order valence-corrected chi connectivity index (χ0v) is 12.8. The highest BCUT2D eigenvalue weighted by Crippen LogP contribution is 2.21. The van der Waals surface area contributed by atoms with Crippen LogP contribution in [-0.2, 0) is 0 Å². The fraction of sp³-hybridized carbons (Fsp3) is 0. The number of non-ortho nitro benzene ring substituents is 1. The Labute approximate surface area is 134 Å². The molecule has 112 valence electrons. The lowest BCUT2D eigenvalue weighted by atomic mass is 10.2. The fourth-order valence-electron chi connectivity index (χ4n) is 1.66. The first kappa shape index (κ1) is 15.6. The smallest absolute Gasteiger partial charge is 0.273 e. The van der Waals surface area contributed by atoms with E-state index < -0.39 is 10.8 Å². The van der Waals surface area contributed by atoms with Crippen molar-refractivity contribution in [3.63, 3.8) is 0 Å². The Balaban J connectivity index is 2.08. The third-order valence-corrected chi connectivity index (χ3v) is 3.46. The van der Waals surface area contributed by atoms with Crippen LogP contribution in [0.15, 0.2) is 52.0 Å². The second-order valence-electron chi connectivity index (χ2n) is 4.25. The predicted octanol–water partition coefficient (Wildman–Crippen LogP) is 2.70. The molecule has 7 nitrogen and oxygen atoms in total. The number of halogens is 1. The largest absolute Gasteiger partial charge is 0.398 e. The van der Waals surface area contributed by atoms with E-state index in [1.165, 1.54) is 24.4 Å². The molecule has 0 spiro atoms. The van der Waals surface area contributed by atoms with E-state index in [0.29, 0.717) is 21.3 Å². The first-order valence-corrected chi connectivity index (χ1v) is 6.90. The maximum Gasteiger partial charge on any atom is 0.273 e. The maximum atomic E-state index is 11.9. The van der Waals surface area contributed by atoms with Crippen molar-refractivity contribution >= 4 is 39.4 Å². The Kier molecular flexibility index (Phi) is 4.84. The number of anilines is 1. The summed E-state index contributed by atoms with van der Waals surface area (Å²) in [5.41, 5.74) is 9.27. The summed E-state index contributed by atoms with van der Waals surface area (Å²) in [6.45, 7) is 0. The topological polar surface area (TPSA) is 111 Å². The van der Waals surface area contributed by atoms with Crippen LogP contribution in [0.3, 0.4) is 0 Å². The van der Waals surface area contributed by atoms with Crippen LogP contribution in [0.4, 0.5) is 11.4 Å². The Bertz CT molecular complexity index is 762. The third-order valence-electron chi connectivity index (χ3n) is 2.77. The average molecular weight is 363 g/mol. The molecule has 0 fully saturated rings. The van der Waals surface area contributed by atoms with Gasteiger partial charge in [0.1, 0.15) is 0 Å². The van der Waals surface area contributed by atoms with Crippen molar-refractivity contribution in [3.05, 3.63) is 68.2 Å². The molecule has 2 aromatic carbocycles. The summed E-state index contributed by atoms with van der Waals surface area (Å²) in [4.78, 5) is 22.0. The van der Waals surface area contributed by atoms with Crippen molar-refractivity contribution in [3.8, 4) is 0 Å². The molecule has 0 atom stereocenters. The van der Waals surface area contributed by atoms with E-state index in [-0.39, 0.29) is 5.69 Å². The summed E-state index contributed by atoms with van der Waals surface area (Å²) < 4.78 is 0.499. The highest BCUT2D eigenvalue weighted by atomic mass is 79.9. The lowest BCUT2D eigenvalue weighted by molar-refractivity contribution is -0.384. The molecule has 1 amide bonds. The van der Waals surface area contributed by atoms with Crippen LogP contribution >= 0.6 is 15.9 Å². The normalized spacial score (nSPS) is 10.6. The first-order valence-electron chi connectivity index (χ1n) is 6.11.